The topological polar surface area (TPSA) is 51.2 Å². The summed E-state index contributed by atoms with van der Waals surface area (Å²) in [7, 11) is 0. The van der Waals surface area contributed by atoms with Crippen molar-refractivity contribution >= 4 is 5.91 Å². The van der Waals surface area contributed by atoms with Crippen LogP contribution >= 0.6 is 0 Å². The largest absolute Gasteiger partial charge is 0.481 e. The zero-order valence-corrected chi connectivity index (χ0v) is 14.1. The number of hydrogen-bond donors (Lipinski definition) is 1. The first-order valence-corrected chi connectivity index (χ1v) is 8.71. The predicted molar refractivity (Wildman–Crippen MR) is 93.9 cm³/mol. The van der Waals surface area contributed by atoms with Crippen molar-refractivity contribution < 1.29 is 9.53 Å². The van der Waals surface area contributed by atoms with Crippen molar-refractivity contribution in [3.63, 3.8) is 0 Å². The average molecular weight is 324 g/mol. The van der Waals surface area contributed by atoms with E-state index in [4.69, 9.17) is 4.74 Å². The van der Waals surface area contributed by atoms with Crippen molar-refractivity contribution in [3.8, 4) is 5.75 Å². The second-order valence-corrected chi connectivity index (χ2v) is 6.23. The van der Waals surface area contributed by atoms with Crippen LogP contribution in [0.2, 0.25) is 0 Å². The number of fused-ring (bicyclic) bond motifs is 1. The third-order valence-corrected chi connectivity index (χ3v) is 4.48. The molecule has 1 heterocycles. The second-order valence-electron chi connectivity index (χ2n) is 6.23. The lowest BCUT2D eigenvalue weighted by molar-refractivity contribution is -0.128. The summed E-state index contributed by atoms with van der Waals surface area (Å²) in [6.07, 6.45) is 8.39. The Morgan fingerprint density at radius 1 is 1.17 bits per heavy atom. The Bertz CT molecular complexity index is 685. The van der Waals surface area contributed by atoms with Crippen LogP contribution in [0, 0.1) is 0 Å². The summed E-state index contributed by atoms with van der Waals surface area (Å²) in [5.41, 5.74) is 3.82. The lowest BCUT2D eigenvalue weighted by atomic mass is 9.92. The van der Waals surface area contributed by atoms with Gasteiger partial charge in [0.05, 0.1) is 0 Å². The zero-order chi connectivity index (χ0) is 16.8. The molecule has 0 saturated heterocycles. The van der Waals surface area contributed by atoms with Crippen molar-refractivity contribution in [1.29, 1.82) is 0 Å². The van der Waals surface area contributed by atoms with Gasteiger partial charge in [0.2, 0.25) is 0 Å². The Kier molecular flexibility index (Phi) is 5.47. The molecule has 0 bridgehead atoms. The van der Waals surface area contributed by atoms with Gasteiger partial charge in [-0.2, -0.15) is 0 Å². The number of nitrogens with one attached hydrogen (secondary N) is 1. The first-order valence-electron chi connectivity index (χ1n) is 8.71. The van der Waals surface area contributed by atoms with Crippen LogP contribution in [-0.2, 0) is 24.2 Å². The van der Waals surface area contributed by atoms with Crippen molar-refractivity contribution in [2.24, 2.45) is 0 Å². The van der Waals surface area contributed by atoms with Crippen LogP contribution in [-0.4, -0.2) is 17.0 Å². The minimum Gasteiger partial charge on any atom is -0.481 e. The van der Waals surface area contributed by atoms with E-state index < -0.39 is 6.10 Å². The summed E-state index contributed by atoms with van der Waals surface area (Å²) in [6.45, 7) is 2.46. The Hall–Kier alpha value is -2.36. The van der Waals surface area contributed by atoms with E-state index in [0.717, 1.165) is 24.2 Å². The summed E-state index contributed by atoms with van der Waals surface area (Å²) in [6, 6.07) is 10.0. The number of hydrogen-bond acceptors (Lipinski definition) is 3. The molecule has 1 aliphatic rings. The molecule has 4 nitrogen and oxygen atoms in total. The Labute approximate surface area is 143 Å². The highest BCUT2D eigenvalue weighted by Gasteiger charge is 2.19. The highest BCUT2D eigenvalue weighted by atomic mass is 16.5. The number of rotatable bonds is 6. The van der Waals surface area contributed by atoms with E-state index in [1.165, 1.54) is 24.0 Å². The SMILES string of the molecule is CC[C@@H](Oc1ccc2c(c1)CCCC2)C(=O)NCc1ccncc1. The van der Waals surface area contributed by atoms with Gasteiger partial charge in [0.15, 0.2) is 6.10 Å². The van der Waals surface area contributed by atoms with E-state index in [2.05, 4.69) is 22.4 Å². The van der Waals surface area contributed by atoms with Gasteiger partial charge in [0.1, 0.15) is 5.75 Å². The van der Waals surface area contributed by atoms with Crippen LogP contribution in [0.25, 0.3) is 0 Å². The van der Waals surface area contributed by atoms with Gasteiger partial charge < -0.3 is 10.1 Å². The molecule has 0 fully saturated rings. The van der Waals surface area contributed by atoms with Crippen LogP contribution in [0.5, 0.6) is 5.75 Å². The number of pyridine rings is 1. The predicted octanol–water partition coefficient (Wildman–Crippen LogP) is 3.43. The molecule has 0 spiro atoms. The highest BCUT2D eigenvalue weighted by Crippen LogP contribution is 2.26. The van der Waals surface area contributed by atoms with Crippen LogP contribution in [0.1, 0.15) is 42.9 Å². The Morgan fingerprint density at radius 3 is 2.67 bits per heavy atom. The molecule has 1 N–H and O–H groups in total. The van der Waals surface area contributed by atoms with Crippen molar-refractivity contribution in [2.45, 2.75) is 51.7 Å². The minimum atomic E-state index is -0.464. The third-order valence-electron chi connectivity index (χ3n) is 4.48. The van der Waals surface area contributed by atoms with E-state index in [-0.39, 0.29) is 5.91 Å². The molecule has 1 atom stereocenters. The summed E-state index contributed by atoms with van der Waals surface area (Å²) in [5, 5.41) is 2.94. The fourth-order valence-corrected chi connectivity index (χ4v) is 3.07. The van der Waals surface area contributed by atoms with Crippen molar-refractivity contribution in [3.05, 3.63) is 59.4 Å². The monoisotopic (exact) mass is 324 g/mol. The van der Waals surface area contributed by atoms with Crippen molar-refractivity contribution in [1.82, 2.24) is 10.3 Å². The quantitative estimate of drug-likeness (QED) is 0.885. The Balaban J connectivity index is 1.60. The summed E-state index contributed by atoms with van der Waals surface area (Å²) >= 11 is 0. The van der Waals surface area contributed by atoms with Crippen LogP contribution in [0.3, 0.4) is 0 Å². The number of carbonyl (C=O) groups is 1. The second kappa shape index (κ2) is 7.95. The van der Waals surface area contributed by atoms with Gasteiger partial charge >= 0.3 is 0 Å². The van der Waals surface area contributed by atoms with Gasteiger partial charge in [-0.25, -0.2) is 0 Å². The molecule has 1 aromatic carbocycles. The molecule has 3 rings (SSSR count). The van der Waals surface area contributed by atoms with Crippen LogP contribution in [0.4, 0.5) is 0 Å². The standard InChI is InChI=1S/C20H24N2O2/c1-2-19(20(23)22-14-15-9-11-21-12-10-15)24-18-8-7-16-5-3-4-6-17(16)13-18/h7-13,19H,2-6,14H2,1H3,(H,22,23)/t19-/m1/s1. The molecule has 1 aliphatic carbocycles. The molecule has 126 valence electrons. The minimum absolute atomic E-state index is 0.0768. The van der Waals surface area contributed by atoms with Gasteiger partial charge in [-0.15, -0.1) is 0 Å². The van der Waals surface area contributed by atoms with Gasteiger partial charge in [0.25, 0.3) is 5.91 Å². The van der Waals surface area contributed by atoms with Gasteiger partial charge in [-0.1, -0.05) is 13.0 Å². The maximum atomic E-state index is 12.4. The van der Waals surface area contributed by atoms with E-state index in [9.17, 15) is 4.79 Å². The van der Waals surface area contributed by atoms with E-state index in [1.807, 2.05) is 25.1 Å². The number of nitrogens with zero attached hydrogens (tertiary/aromatic N) is 1. The number of amides is 1. The highest BCUT2D eigenvalue weighted by molar-refractivity contribution is 5.81. The summed E-state index contributed by atoms with van der Waals surface area (Å²) in [5.74, 6) is 0.716. The molecular formula is C20H24N2O2. The van der Waals surface area contributed by atoms with E-state index in [0.29, 0.717) is 13.0 Å². The molecule has 1 aromatic heterocycles. The Morgan fingerprint density at radius 2 is 1.92 bits per heavy atom. The number of aromatic nitrogens is 1. The van der Waals surface area contributed by atoms with Gasteiger partial charge in [0, 0.05) is 18.9 Å². The fraction of sp³-hybridized carbons (Fsp3) is 0.400. The number of carbonyl (C=O) groups excluding carboxylic acids is 1. The third kappa shape index (κ3) is 4.13. The smallest absolute Gasteiger partial charge is 0.261 e. The molecule has 4 heteroatoms. The normalized spacial score (nSPS) is 14.5. The van der Waals surface area contributed by atoms with Crippen LogP contribution < -0.4 is 10.1 Å². The molecular weight excluding hydrogens is 300 g/mol. The zero-order valence-electron chi connectivity index (χ0n) is 14.1. The van der Waals surface area contributed by atoms with Gasteiger partial charge in [-0.3, -0.25) is 9.78 Å². The molecule has 1 amide bonds. The maximum Gasteiger partial charge on any atom is 0.261 e. The number of aryl methyl sites for hydroxylation is 2. The van der Waals surface area contributed by atoms with Gasteiger partial charge in [-0.05, 0) is 73.1 Å². The van der Waals surface area contributed by atoms with Crippen LogP contribution in [0.15, 0.2) is 42.7 Å². The lowest BCUT2D eigenvalue weighted by Gasteiger charge is -2.20. The molecule has 24 heavy (non-hydrogen) atoms. The summed E-state index contributed by atoms with van der Waals surface area (Å²) in [4.78, 5) is 16.4. The molecule has 0 radical (unpaired) electrons. The van der Waals surface area contributed by atoms with Crippen molar-refractivity contribution in [2.75, 3.05) is 0 Å². The lowest BCUT2D eigenvalue weighted by Crippen LogP contribution is -2.37. The first-order chi connectivity index (χ1) is 11.8. The average Bonchev–Trinajstić information content (AvgIpc) is 2.65. The number of benzene rings is 1. The maximum absolute atomic E-state index is 12.4. The molecule has 0 unspecified atom stereocenters. The number of ether oxygens (including phenoxy) is 1. The first kappa shape index (κ1) is 16.5. The molecule has 2 aromatic rings. The van der Waals surface area contributed by atoms with E-state index in [1.54, 1.807) is 12.4 Å². The molecule has 0 aliphatic heterocycles. The fourth-order valence-electron chi connectivity index (χ4n) is 3.07. The van der Waals surface area contributed by atoms with E-state index >= 15 is 0 Å². The molecule has 0 saturated carbocycles. The summed E-state index contributed by atoms with van der Waals surface area (Å²) < 4.78 is 5.96.